The fourth-order valence-corrected chi connectivity index (χ4v) is 2.77. The average Bonchev–Trinajstić information content (AvgIpc) is 2.98. The lowest BCUT2D eigenvalue weighted by atomic mass is 10.1. The van der Waals surface area contributed by atoms with Crippen molar-refractivity contribution in [3.05, 3.63) is 28.7 Å². The molecular weight excluding hydrogens is 332 g/mol. The molecule has 0 aliphatic carbocycles. The van der Waals surface area contributed by atoms with Crippen LogP contribution in [0.5, 0.6) is 5.75 Å². The molecule has 0 bridgehead atoms. The van der Waals surface area contributed by atoms with Gasteiger partial charge in [-0.15, -0.1) is 0 Å². The second kappa shape index (κ2) is 8.39. The fraction of sp³-hybridized carbons (Fsp3) is 0.562. The van der Waals surface area contributed by atoms with E-state index >= 15 is 0 Å². The molecule has 5 heteroatoms. The Morgan fingerprint density at radius 3 is 2.76 bits per heavy atom. The minimum absolute atomic E-state index is 0.259. The van der Waals surface area contributed by atoms with Gasteiger partial charge in [0, 0.05) is 24.0 Å². The molecule has 0 saturated carbocycles. The molecule has 2 N–H and O–H groups in total. The lowest BCUT2D eigenvalue weighted by Crippen LogP contribution is -2.29. The molecule has 21 heavy (non-hydrogen) atoms. The molecular formula is C16H23BrN2O2. The van der Waals surface area contributed by atoms with Gasteiger partial charge >= 0.3 is 0 Å². The zero-order valence-electron chi connectivity index (χ0n) is 12.3. The quantitative estimate of drug-likeness (QED) is 0.766. The van der Waals surface area contributed by atoms with Crippen molar-refractivity contribution in [2.24, 2.45) is 11.7 Å². The number of carbonyl (C=O) groups excluding carboxylic acids is 1. The minimum atomic E-state index is 0.259. The van der Waals surface area contributed by atoms with Crippen LogP contribution in [0.2, 0.25) is 0 Å². The third-order valence-corrected chi connectivity index (χ3v) is 4.37. The standard InChI is InChI=1S/C16H23BrN2O2/c17-14-4-6-15(7-5-14)21-10-2-1-3-16(20)19-9-8-13(11-18)12-19/h4-7,13H,1-3,8-12,18H2. The molecule has 0 spiro atoms. The van der Waals surface area contributed by atoms with Crippen molar-refractivity contribution in [1.82, 2.24) is 4.90 Å². The number of nitrogens with two attached hydrogens (primary N) is 1. The Bertz CT molecular complexity index is 450. The summed E-state index contributed by atoms with van der Waals surface area (Å²) < 4.78 is 6.68. The van der Waals surface area contributed by atoms with Crippen molar-refractivity contribution < 1.29 is 9.53 Å². The maximum Gasteiger partial charge on any atom is 0.222 e. The SMILES string of the molecule is NCC1CCN(C(=O)CCCCOc2ccc(Br)cc2)C1. The second-order valence-corrected chi connectivity index (χ2v) is 6.41. The van der Waals surface area contributed by atoms with E-state index in [4.69, 9.17) is 10.5 Å². The van der Waals surface area contributed by atoms with E-state index in [1.165, 1.54) is 0 Å². The number of nitrogens with zero attached hydrogens (tertiary/aromatic N) is 1. The summed E-state index contributed by atoms with van der Waals surface area (Å²) in [7, 11) is 0. The normalized spacial score (nSPS) is 18.0. The monoisotopic (exact) mass is 354 g/mol. The zero-order chi connectivity index (χ0) is 15.1. The number of ether oxygens (including phenoxy) is 1. The Morgan fingerprint density at radius 1 is 1.33 bits per heavy atom. The van der Waals surface area contributed by atoms with Gasteiger partial charge in [0.1, 0.15) is 5.75 Å². The molecule has 1 saturated heterocycles. The van der Waals surface area contributed by atoms with E-state index in [2.05, 4.69) is 15.9 Å². The lowest BCUT2D eigenvalue weighted by molar-refractivity contribution is -0.130. The number of hydrogen-bond donors (Lipinski definition) is 1. The minimum Gasteiger partial charge on any atom is -0.494 e. The van der Waals surface area contributed by atoms with Crippen molar-refractivity contribution >= 4 is 21.8 Å². The highest BCUT2D eigenvalue weighted by molar-refractivity contribution is 9.10. The van der Waals surface area contributed by atoms with Crippen LogP contribution in [0, 0.1) is 5.92 Å². The van der Waals surface area contributed by atoms with Gasteiger partial charge in [0.2, 0.25) is 5.91 Å². The van der Waals surface area contributed by atoms with Crippen LogP contribution in [0.3, 0.4) is 0 Å². The van der Waals surface area contributed by atoms with Crippen LogP contribution in [0.4, 0.5) is 0 Å². The Balaban J connectivity index is 1.57. The van der Waals surface area contributed by atoms with Gasteiger partial charge < -0.3 is 15.4 Å². The number of likely N-dealkylation sites (tertiary alicyclic amines) is 1. The topological polar surface area (TPSA) is 55.6 Å². The van der Waals surface area contributed by atoms with Crippen LogP contribution in [0.15, 0.2) is 28.7 Å². The summed E-state index contributed by atoms with van der Waals surface area (Å²) in [5.41, 5.74) is 5.64. The Labute approximate surface area is 134 Å². The molecule has 1 fully saturated rings. The van der Waals surface area contributed by atoms with Gasteiger partial charge in [-0.1, -0.05) is 15.9 Å². The third kappa shape index (κ3) is 5.32. The lowest BCUT2D eigenvalue weighted by Gasteiger charge is -2.16. The fourth-order valence-electron chi connectivity index (χ4n) is 2.51. The predicted molar refractivity (Wildman–Crippen MR) is 87.2 cm³/mol. The van der Waals surface area contributed by atoms with Crippen molar-refractivity contribution in [2.75, 3.05) is 26.2 Å². The summed E-state index contributed by atoms with van der Waals surface area (Å²) in [6, 6.07) is 7.79. The highest BCUT2D eigenvalue weighted by atomic mass is 79.9. The van der Waals surface area contributed by atoms with Crippen molar-refractivity contribution in [3.8, 4) is 5.75 Å². The van der Waals surface area contributed by atoms with Gasteiger partial charge in [-0.2, -0.15) is 0 Å². The van der Waals surface area contributed by atoms with Gasteiger partial charge in [0.25, 0.3) is 0 Å². The number of carbonyl (C=O) groups is 1. The summed E-state index contributed by atoms with van der Waals surface area (Å²) in [6.07, 6.45) is 3.44. The summed E-state index contributed by atoms with van der Waals surface area (Å²) in [5, 5.41) is 0. The van der Waals surface area contributed by atoms with Gasteiger partial charge in [0.15, 0.2) is 0 Å². The van der Waals surface area contributed by atoms with E-state index in [-0.39, 0.29) is 5.91 Å². The first-order chi connectivity index (χ1) is 10.2. The Kier molecular flexibility index (Phi) is 6.51. The van der Waals surface area contributed by atoms with Crippen molar-refractivity contribution in [2.45, 2.75) is 25.7 Å². The van der Waals surface area contributed by atoms with E-state index in [0.717, 1.165) is 42.6 Å². The van der Waals surface area contributed by atoms with Crippen molar-refractivity contribution in [1.29, 1.82) is 0 Å². The van der Waals surface area contributed by atoms with E-state index in [0.29, 0.717) is 25.5 Å². The smallest absolute Gasteiger partial charge is 0.222 e. The Hall–Kier alpha value is -1.07. The molecule has 116 valence electrons. The largest absolute Gasteiger partial charge is 0.494 e. The summed E-state index contributed by atoms with van der Waals surface area (Å²) in [4.78, 5) is 14.0. The van der Waals surface area contributed by atoms with Crippen LogP contribution >= 0.6 is 15.9 Å². The van der Waals surface area contributed by atoms with Crippen LogP contribution < -0.4 is 10.5 Å². The molecule has 0 aromatic heterocycles. The van der Waals surface area contributed by atoms with Gasteiger partial charge in [-0.05, 0) is 56.0 Å². The molecule has 1 aliphatic heterocycles. The van der Waals surface area contributed by atoms with Gasteiger partial charge in [-0.25, -0.2) is 0 Å². The first kappa shape index (κ1) is 16.3. The molecule has 0 radical (unpaired) electrons. The first-order valence-electron chi connectivity index (χ1n) is 7.55. The molecule has 1 aromatic rings. The maximum absolute atomic E-state index is 12.0. The Morgan fingerprint density at radius 2 is 2.10 bits per heavy atom. The van der Waals surface area contributed by atoms with Crippen LogP contribution in [0.1, 0.15) is 25.7 Å². The average molecular weight is 355 g/mol. The molecule has 2 rings (SSSR count). The van der Waals surface area contributed by atoms with Crippen molar-refractivity contribution in [3.63, 3.8) is 0 Å². The summed E-state index contributed by atoms with van der Waals surface area (Å²) in [6.45, 7) is 3.05. The molecule has 1 aromatic carbocycles. The predicted octanol–water partition coefficient (Wildman–Crippen LogP) is 2.81. The highest BCUT2D eigenvalue weighted by Gasteiger charge is 2.24. The van der Waals surface area contributed by atoms with E-state index in [9.17, 15) is 4.79 Å². The number of hydrogen-bond acceptors (Lipinski definition) is 3. The zero-order valence-corrected chi connectivity index (χ0v) is 13.8. The number of halogens is 1. The van der Waals surface area contributed by atoms with Crippen LogP contribution in [0.25, 0.3) is 0 Å². The molecule has 1 amide bonds. The number of amides is 1. The van der Waals surface area contributed by atoms with Gasteiger partial charge in [-0.3, -0.25) is 4.79 Å². The van der Waals surface area contributed by atoms with Crippen LogP contribution in [-0.2, 0) is 4.79 Å². The highest BCUT2D eigenvalue weighted by Crippen LogP contribution is 2.18. The maximum atomic E-state index is 12.0. The molecule has 1 aliphatic rings. The van der Waals surface area contributed by atoms with Gasteiger partial charge in [0.05, 0.1) is 6.61 Å². The second-order valence-electron chi connectivity index (χ2n) is 5.49. The number of rotatable bonds is 7. The molecule has 1 unspecified atom stereocenters. The molecule has 1 atom stereocenters. The molecule has 1 heterocycles. The third-order valence-electron chi connectivity index (χ3n) is 3.84. The summed E-state index contributed by atoms with van der Waals surface area (Å²) >= 11 is 3.39. The number of unbranched alkanes of at least 4 members (excludes halogenated alkanes) is 1. The molecule has 4 nitrogen and oxygen atoms in total. The summed E-state index contributed by atoms with van der Waals surface area (Å²) in [5.74, 6) is 1.62. The van der Waals surface area contributed by atoms with E-state index in [1.54, 1.807) is 0 Å². The van der Waals surface area contributed by atoms with E-state index in [1.807, 2.05) is 29.2 Å². The first-order valence-corrected chi connectivity index (χ1v) is 8.34. The van der Waals surface area contributed by atoms with Crippen LogP contribution in [-0.4, -0.2) is 37.0 Å². The number of benzene rings is 1. The van der Waals surface area contributed by atoms with E-state index < -0.39 is 0 Å².